The van der Waals surface area contributed by atoms with Gasteiger partial charge < -0.3 is 19.4 Å². The summed E-state index contributed by atoms with van der Waals surface area (Å²) < 4.78 is 5.45. The molecule has 0 spiro atoms. The second-order valence-electron chi connectivity index (χ2n) is 8.09. The van der Waals surface area contributed by atoms with Crippen molar-refractivity contribution in [3.63, 3.8) is 0 Å². The van der Waals surface area contributed by atoms with Crippen LogP contribution < -0.4 is 14.7 Å². The molecule has 0 amide bonds. The molecule has 1 unspecified atom stereocenters. The highest BCUT2D eigenvalue weighted by atomic mass is 16.5. The van der Waals surface area contributed by atoms with E-state index in [1.165, 1.54) is 0 Å². The van der Waals surface area contributed by atoms with Crippen LogP contribution in [0.25, 0.3) is 0 Å². The predicted octanol–water partition coefficient (Wildman–Crippen LogP) is 2.33. The Bertz CT molecular complexity index is 809. The molecular formula is C21H31N7O. The highest BCUT2D eigenvalue weighted by Gasteiger charge is 2.26. The number of ether oxygens (including phenoxy) is 1. The first-order chi connectivity index (χ1) is 14.1. The molecule has 29 heavy (non-hydrogen) atoms. The Labute approximate surface area is 172 Å². The Morgan fingerprint density at radius 2 is 1.83 bits per heavy atom. The molecule has 0 aromatic carbocycles. The van der Waals surface area contributed by atoms with E-state index < -0.39 is 0 Å². The largest absolute Gasteiger partial charge is 0.378 e. The molecule has 2 aromatic heterocycles. The topological polar surface area (TPSA) is 70.5 Å². The van der Waals surface area contributed by atoms with E-state index >= 15 is 0 Å². The molecule has 2 fully saturated rings. The van der Waals surface area contributed by atoms with Gasteiger partial charge in [0.25, 0.3) is 0 Å². The lowest BCUT2D eigenvalue weighted by Crippen LogP contribution is -2.47. The van der Waals surface area contributed by atoms with Crippen molar-refractivity contribution in [2.75, 3.05) is 61.1 Å². The fourth-order valence-electron chi connectivity index (χ4n) is 3.94. The van der Waals surface area contributed by atoms with E-state index in [0.29, 0.717) is 12.0 Å². The van der Waals surface area contributed by atoms with Crippen LogP contribution in [0.1, 0.15) is 38.4 Å². The van der Waals surface area contributed by atoms with Gasteiger partial charge in [-0.3, -0.25) is 0 Å². The highest BCUT2D eigenvalue weighted by molar-refractivity contribution is 5.46. The average Bonchev–Trinajstić information content (AvgIpc) is 2.79. The molecule has 2 aliphatic rings. The molecule has 0 bridgehead atoms. The SMILES string of the molecule is CC(C)c1nccc(N2CCCC(N(C)c3ccnc(N4CCOCC4)n3)C2)n1. The molecule has 8 heteroatoms. The van der Waals surface area contributed by atoms with Crippen molar-refractivity contribution in [1.29, 1.82) is 0 Å². The highest BCUT2D eigenvalue weighted by Crippen LogP contribution is 2.25. The molecule has 0 aliphatic carbocycles. The molecule has 4 heterocycles. The number of likely N-dealkylation sites (N-methyl/N-ethyl adjacent to an activating group) is 1. The summed E-state index contributed by atoms with van der Waals surface area (Å²) in [5.74, 6) is 4.03. The van der Waals surface area contributed by atoms with Gasteiger partial charge in [-0.1, -0.05) is 13.8 Å². The Kier molecular flexibility index (Phi) is 6.08. The standard InChI is InChI=1S/C21H31N7O/c1-16(2)20-22-8-7-19(24-20)28-10-4-5-17(15-28)26(3)18-6-9-23-21(25-18)27-11-13-29-14-12-27/h6-9,16-17H,4-5,10-15H2,1-3H3. The molecule has 8 nitrogen and oxygen atoms in total. The van der Waals surface area contributed by atoms with Gasteiger partial charge in [0.15, 0.2) is 0 Å². The van der Waals surface area contributed by atoms with Crippen LogP contribution in [-0.4, -0.2) is 72.4 Å². The van der Waals surface area contributed by atoms with E-state index in [1.807, 2.05) is 24.5 Å². The number of anilines is 3. The first-order valence-corrected chi connectivity index (χ1v) is 10.6. The van der Waals surface area contributed by atoms with Crippen LogP contribution in [0, 0.1) is 0 Å². The smallest absolute Gasteiger partial charge is 0.227 e. The zero-order valence-corrected chi connectivity index (χ0v) is 17.7. The fraction of sp³-hybridized carbons (Fsp3) is 0.619. The molecule has 2 saturated heterocycles. The van der Waals surface area contributed by atoms with Gasteiger partial charge in [0.2, 0.25) is 5.95 Å². The third kappa shape index (κ3) is 4.58. The van der Waals surface area contributed by atoms with Crippen LogP contribution in [-0.2, 0) is 4.74 Å². The molecule has 2 aliphatic heterocycles. The summed E-state index contributed by atoms with van der Waals surface area (Å²) in [6.07, 6.45) is 6.02. The van der Waals surface area contributed by atoms with E-state index in [2.05, 4.69) is 45.6 Å². The van der Waals surface area contributed by atoms with Crippen LogP contribution in [0.3, 0.4) is 0 Å². The summed E-state index contributed by atoms with van der Waals surface area (Å²) in [6.45, 7) is 9.38. The summed E-state index contributed by atoms with van der Waals surface area (Å²) >= 11 is 0. The van der Waals surface area contributed by atoms with Crippen molar-refractivity contribution in [3.8, 4) is 0 Å². The number of nitrogens with zero attached hydrogens (tertiary/aromatic N) is 7. The number of piperidine rings is 1. The van der Waals surface area contributed by atoms with Crippen molar-refractivity contribution in [1.82, 2.24) is 19.9 Å². The summed E-state index contributed by atoms with van der Waals surface area (Å²) in [5.41, 5.74) is 0. The monoisotopic (exact) mass is 397 g/mol. The second-order valence-corrected chi connectivity index (χ2v) is 8.09. The zero-order valence-electron chi connectivity index (χ0n) is 17.7. The Morgan fingerprint density at radius 3 is 2.62 bits per heavy atom. The molecule has 0 radical (unpaired) electrons. The predicted molar refractivity (Wildman–Crippen MR) is 115 cm³/mol. The van der Waals surface area contributed by atoms with E-state index in [4.69, 9.17) is 14.7 Å². The molecule has 156 valence electrons. The lowest BCUT2D eigenvalue weighted by molar-refractivity contribution is 0.122. The molecular weight excluding hydrogens is 366 g/mol. The van der Waals surface area contributed by atoms with Crippen molar-refractivity contribution < 1.29 is 4.74 Å². The minimum atomic E-state index is 0.331. The maximum atomic E-state index is 5.45. The normalized spacial score (nSPS) is 20.2. The number of rotatable bonds is 5. The van der Waals surface area contributed by atoms with Gasteiger partial charge in [0, 0.05) is 57.6 Å². The summed E-state index contributed by atoms with van der Waals surface area (Å²) in [7, 11) is 2.14. The van der Waals surface area contributed by atoms with Crippen LogP contribution in [0.4, 0.5) is 17.6 Å². The molecule has 4 rings (SSSR count). The minimum absolute atomic E-state index is 0.331. The zero-order chi connectivity index (χ0) is 20.2. The van der Waals surface area contributed by atoms with Crippen LogP contribution >= 0.6 is 0 Å². The molecule has 2 aromatic rings. The Morgan fingerprint density at radius 1 is 1.03 bits per heavy atom. The fourth-order valence-corrected chi connectivity index (χ4v) is 3.94. The van der Waals surface area contributed by atoms with Gasteiger partial charge >= 0.3 is 0 Å². The summed E-state index contributed by atoms with van der Waals surface area (Å²) in [6, 6.07) is 4.41. The van der Waals surface area contributed by atoms with Gasteiger partial charge in [0.05, 0.1) is 13.2 Å². The average molecular weight is 398 g/mol. The maximum Gasteiger partial charge on any atom is 0.227 e. The van der Waals surface area contributed by atoms with E-state index in [9.17, 15) is 0 Å². The van der Waals surface area contributed by atoms with E-state index in [-0.39, 0.29) is 0 Å². The van der Waals surface area contributed by atoms with Gasteiger partial charge in [-0.05, 0) is 25.0 Å². The van der Waals surface area contributed by atoms with Crippen molar-refractivity contribution >= 4 is 17.6 Å². The van der Waals surface area contributed by atoms with Crippen molar-refractivity contribution in [2.45, 2.75) is 38.6 Å². The third-order valence-electron chi connectivity index (χ3n) is 5.73. The van der Waals surface area contributed by atoms with Crippen LogP contribution in [0.5, 0.6) is 0 Å². The number of aromatic nitrogens is 4. The second kappa shape index (κ2) is 8.90. The number of morpholine rings is 1. The summed E-state index contributed by atoms with van der Waals surface area (Å²) in [5, 5.41) is 0. The Balaban J connectivity index is 1.47. The maximum absolute atomic E-state index is 5.45. The van der Waals surface area contributed by atoms with E-state index in [0.717, 1.165) is 75.6 Å². The third-order valence-corrected chi connectivity index (χ3v) is 5.73. The lowest BCUT2D eigenvalue weighted by atomic mass is 10.0. The van der Waals surface area contributed by atoms with Crippen LogP contribution in [0.15, 0.2) is 24.5 Å². The summed E-state index contributed by atoms with van der Waals surface area (Å²) in [4.78, 5) is 25.4. The molecule has 0 saturated carbocycles. The van der Waals surface area contributed by atoms with E-state index in [1.54, 1.807) is 0 Å². The quantitative estimate of drug-likeness (QED) is 0.761. The van der Waals surface area contributed by atoms with Gasteiger partial charge in [-0.2, -0.15) is 4.98 Å². The minimum Gasteiger partial charge on any atom is -0.378 e. The lowest BCUT2D eigenvalue weighted by Gasteiger charge is -2.39. The number of hydrogen-bond acceptors (Lipinski definition) is 8. The number of hydrogen-bond donors (Lipinski definition) is 0. The Hall–Kier alpha value is -2.48. The van der Waals surface area contributed by atoms with Gasteiger partial charge in [-0.15, -0.1) is 0 Å². The van der Waals surface area contributed by atoms with Crippen molar-refractivity contribution in [3.05, 3.63) is 30.4 Å². The molecule has 0 N–H and O–H groups in total. The van der Waals surface area contributed by atoms with Crippen LogP contribution in [0.2, 0.25) is 0 Å². The molecule has 1 atom stereocenters. The van der Waals surface area contributed by atoms with Gasteiger partial charge in [-0.25, -0.2) is 15.0 Å². The first kappa shape index (κ1) is 19.8. The van der Waals surface area contributed by atoms with Gasteiger partial charge in [0.1, 0.15) is 17.5 Å². The van der Waals surface area contributed by atoms with Crippen molar-refractivity contribution in [2.24, 2.45) is 0 Å². The first-order valence-electron chi connectivity index (χ1n) is 10.6.